The number of piperidine rings is 1. The second-order valence-corrected chi connectivity index (χ2v) is 6.25. The highest BCUT2D eigenvalue weighted by Gasteiger charge is 2.17. The van der Waals surface area contributed by atoms with E-state index in [1.54, 1.807) is 0 Å². The van der Waals surface area contributed by atoms with Crippen LogP contribution in [0, 0.1) is 5.92 Å². The van der Waals surface area contributed by atoms with Crippen molar-refractivity contribution in [1.29, 1.82) is 0 Å². The third kappa shape index (κ3) is 3.81. The predicted molar refractivity (Wildman–Crippen MR) is 80.8 cm³/mol. The molecule has 18 heavy (non-hydrogen) atoms. The van der Waals surface area contributed by atoms with Crippen molar-refractivity contribution in [2.75, 3.05) is 26.7 Å². The predicted octanol–water partition coefficient (Wildman–Crippen LogP) is 3.44. The molecule has 0 saturated carbocycles. The van der Waals surface area contributed by atoms with E-state index in [0.29, 0.717) is 6.04 Å². The number of halogens is 1. The Kier molecular flexibility index (Phi) is 5.22. The molecule has 100 valence electrons. The second-order valence-electron chi connectivity index (χ2n) is 5.40. The van der Waals surface area contributed by atoms with E-state index >= 15 is 0 Å². The van der Waals surface area contributed by atoms with Gasteiger partial charge in [-0.15, -0.1) is 0 Å². The first-order valence-corrected chi connectivity index (χ1v) is 7.62. The van der Waals surface area contributed by atoms with Gasteiger partial charge in [-0.25, -0.2) is 0 Å². The Labute approximate surface area is 119 Å². The molecular weight excluding hydrogens is 288 g/mol. The van der Waals surface area contributed by atoms with Crippen LogP contribution in [0.2, 0.25) is 0 Å². The maximum absolute atomic E-state index is 3.68. The van der Waals surface area contributed by atoms with E-state index in [4.69, 9.17) is 0 Å². The maximum Gasteiger partial charge on any atom is 0.0303 e. The molecule has 1 heterocycles. The highest BCUT2D eigenvalue weighted by molar-refractivity contribution is 9.10. The summed E-state index contributed by atoms with van der Waals surface area (Å²) in [6.07, 6.45) is 2.65. The molecule has 1 fully saturated rings. The van der Waals surface area contributed by atoms with Gasteiger partial charge < -0.3 is 10.2 Å². The molecule has 1 aromatic rings. The molecule has 1 N–H and O–H groups in total. The molecule has 0 spiro atoms. The Morgan fingerprint density at radius 3 is 2.67 bits per heavy atom. The van der Waals surface area contributed by atoms with Gasteiger partial charge in [-0.1, -0.05) is 34.1 Å². The van der Waals surface area contributed by atoms with Crippen LogP contribution >= 0.6 is 15.9 Å². The molecular formula is C15H23BrN2. The van der Waals surface area contributed by atoms with Crippen molar-refractivity contribution in [2.45, 2.75) is 25.8 Å². The average molecular weight is 311 g/mol. The normalized spacial score (nSPS) is 19.9. The van der Waals surface area contributed by atoms with Crippen molar-refractivity contribution in [1.82, 2.24) is 10.2 Å². The minimum Gasteiger partial charge on any atom is -0.310 e. The molecule has 1 saturated heterocycles. The van der Waals surface area contributed by atoms with Gasteiger partial charge in [0.05, 0.1) is 0 Å². The molecule has 0 unspecified atom stereocenters. The zero-order chi connectivity index (χ0) is 13.0. The van der Waals surface area contributed by atoms with Crippen molar-refractivity contribution in [3.63, 3.8) is 0 Å². The number of rotatable bonds is 4. The van der Waals surface area contributed by atoms with Crippen LogP contribution in [-0.4, -0.2) is 31.6 Å². The van der Waals surface area contributed by atoms with E-state index in [9.17, 15) is 0 Å². The van der Waals surface area contributed by atoms with Gasteiger partial charge in [0, 0.05) is 10.5 Å². The van der Waals surface area contributed by atoms with Gasteiger partial charge in [0.2, 0.25) is 0 Å². The molecule has 2 rings (SSSR count). The quantitative estimate of drug-likeness (QED) is 0.916. The summed E-state index contributed by atoms with van der Waals surface area (Å²) in [5, 5.41) is 3.68. The van der Waals surface area contributed by atoms with Gasteiger partial charge in [0.25, 0.3) is 0 Å². The highest BCUT2D eigenvalue weighted by atomic mass is 79.9. The van der Waals surface area contributed by atoms with Crippen molar-refractivity contribution < 1.29 is 0 Å². The summed E-state index contributed by atoms with van der Waals surface area (Å²) >= 11 is 3.62. The van der Waals surface area contributed by atoms with Gasteiger partial charge in [0.1, 0.15) is 0 Å². The van der Waals surface area contributed by atoms with Crippen molar-refractivity contribution in [3.8, 4) is 0 Å². The lowest BCUT2D eigenvalue weighted by molar-refractivity contribution is 0.213. The van der Waals surface area contributed by atoms with Crippen LogP contribution < -0.4 is 5.32 Å². The molecule has 0 amide bonds. The number of benzene rings is 1. The van der Waals surface area contributed by atoms with Crippen molar-refractivity contribution in [2.24, 2.45) is 5.92 Å². The first kappa shape index (κ1) is 14.0. The van der Waals surface area contributed by atoms with Crippen LogP contribution in [0.5, 0.6) is 0 Å². The SMILES string of the molecule is C[C@H](NCC1CCN(C)CC1)c1ccccc1Br. The zero-order valence-electron chi connectivity index (χ0n) is 11.3. The van der Waals surface area contributed by atoms with E-state index in [2.05, 4.69) is 64.4 Å². The number of nitrogens with one attached hydrogen (secondary N) is 1. The van der Waals surface area contributed by atoms with E-state index in [0.717, 1.165) is 12.5 Å². The van der Waals surface area contributed by atoms with Gasteiger partial charge in [-0.3, -0.25) is 0 Å². The smallest absolute Gasteiger partial charge is 0.0303 e. The number of hydrogen-bond acceptors (Lipinski definition) is 2. The fourth-order valence-electron chi connectivity index (χ4n) is 2.55. The summed E-state index contributed by atoms with van der Waals surface area (Å²) in [6.45, 7) is 5.87. The topological polar surface area (TPSA) is 15.3 Å². The third-order valence-electron chi connectivity index (χ3n) is 3.92. The second kappa shape index (κ2) is 6.69. The van der Waals surface area contributed by atoms with Crippen LogP contribution in [0.4, 0.5) is 0 Å². The summed E-state index contributed by atoms with van der Waals surface area (Å²) < 4.78 is 1.20. The molecule has 0 aromatic heterocycles. The van der Waals surface area contributed by atoms with Gasteiger partial charge in [0.15, 0.2) is 0 Å². The van der Waals surface area contributed by atoms with E-state index in [1.807, 2.05) is 0 Å². The Morgan fingerprint density at radius 2 is 2.00 bits per heavy atom. The Morgan fingerprint density at radius 1 is 1.33 bits per heavy atom. The lowest BCUT2D eigenvalue weighted by Crippen LogP contribution is -2.35. The molecule has 0 bridgehead atoms. The van der Waals surface area contributed by atoms with Gasteiger partial charge >= 0.3 is 0 Å². The summed E-state index contributed by atoms with van der Waals surface area (Å²) in [5.74, 6) is 0.839. The lowest BCUT2D eigenvalue weighted by Gasteiger charge is -2.30. The van der Waals surface area contributed by atoms with Crippen LogP contribution in [0.15, 0.2) is 28.7 Å². The van der Waals surface area contributed by atoms with E-state index in [1.165, 1.54) is 36.0 Å². The zero-order valence-corrected chi connectivity index (χ0v) is 12.9. The minimum absolute atomic E-state index is 0.417. The number of nitrogens with zero attached hydrogens (tertiary/aromatic N) is 1. The largest absolute Gasteiger partial charge is 0.310 e. The first-order chi connectivity index (χ1) is 8.66. The minimum atomic E-state index is 0.417. The maximum atomic E-state index is 3.68. The Bertz CT molecular complexity index is 373. The van der Waals surface area contributed by atoms with Crippen LogP contribution in [-0.2, 0) is 0 Å². The summed E-state index contributed by atoms with van der Waals surface area (Å²) in [6, 6.07) is 8.89. The first-order valence-electron chi connectivity index (χ1n) is 6.83. The fraction of sp³-hybridized carbons (Fsp3) is 0.600. The van der Waals surface area contributed by atoms with Crippen LogP contribution in [0.1, 0.15) is 31.4 Å². The molecule has 0 radical (unpaired) electrons. The molecule has 2 nitrogen and oxygen atoms in total. The van der Waals surface area contributed by atoms with Gasteiger partial charge in [-0.05, 0) is 64.0 Å². The Hall–Kier alpha value is -0.380. The van der Waals surface area contributed by atoms with Gasteiger partial charge in [-0.2, -0.15) is 0 Å². The van der Waals surface area contributed by atoms with Crippen molar-refractivity contribution >= 4 is 15.9 Å². The number of hydrogen-bond donors (Lipinski definition) is 1. The van der Waals surface area contributed by atoms with Crippen molar-refractivity contribution in [3.05, 3.63) is 34.3 Å². The average Bonchev–Trinajstić information content (AvgIpc) is 2.38. The van der Waals surface area contributed by atoms with E-state index in [-0.39, 0.29) is 0 Å². The lowest BCUT2D eigenvalue weighted by atomic mass is 9.96. The molecule has 3 heteroatoms. The molecule has 1 atom stereocenters. The summed E-state index contributed by atoms with van der Waals surface area (Å²) in [4.78, 5) is 2.42. The number of likely N-dealkylation sites (tertiary alicyclic amines) is 1. The monoisotopic (exact) mass is 310 g/mol. The molecule has 0 aliphatic carbocycles. The summed E-state index contributed by atoms with van der Waals surface area (Å²) in [7, 11) is 2.22. The third-order valence-corrected chi connectivity index (χ3v) is 4.64. The van der Waals surface area contributed by atoms with Crippen LogP contribution in [0.25, 0.3) is 0 Å². The summed E-state index contributed by atoms with van der Waals surface area (Å²) in [5.41, 5.74) is 1.35. The fourth-order valence-corrected chi connectivity index (χ4v) is 3.17. The standard InChI is InChI=1S/C15H23BrN2/c1-12(14-5-3-4-6-15(14)16)17-11-13-7-9-18(2)10-8-13/h3-6,12-13,17H,7-11H2,1-2H3/t12-/m0/s1. The molecule has 1 aromatic carbocycles. The van der Waals surface area contributed by atoms with Crippen LogP contribution in [0.3, 0.4) is 0 Å². The highest BCUT2D eigenvalue weighted by Crippen LogP contribution is 2.23. The molecule has 1 aliphatic heterocycles. The van der Waals surface area contributed by atoms with E-state index < -0.39 is 0 Å². The molecule has 1 aliphatic rings. The Balaban J connectivity index is 1.81.